The fourth-order valence-corrected chi connectivity index (χ4v) is 13.0. The van der Waals surface area contributed by atoms with Gasteiger partial charge in [-0.15, -0.1) is 0 Å². The number of aliphatic imine (C=N–C) groups is 2. The molecule has 2 aliphatic heterocycles. The van der Waals surface area contributed by atoms with E-state index in [1.807, 2.05) is 123 Å². The van der Waals surface area contributed by atoms with Crippen LogP contribution in [-0.2, 0) is 38.2 Å². The van der Waals surface area contributed by atoms with E-state index in [0.717, 1.165) is 87.9 Å². The van der Waals surface area contributed by atoms with E-state index in [4.69, 9.17) is 25.7 Å². The van der Waals surface area contributed by atoms with Crippen LogP contribution < -0.4 is 11.1 Å². The molecule has 0 spiro atoms. The van der Waals surface area contributed by atoms with Crippen LogP contribution in [-0.4, -0.2) is 50.0 Å². The number of carbonyl (C=O) groups is 2. The van der Waals surface area contributed by atoms with Gasteiger partial charge in [-0.25, -0.2) is 24.1 Å². The lowest BCUT2D eigenvalue weighted by molar-refractivity contribution is -0.132. The molecule has 0 fully saturated rings. The normalized spacial score (nSPS) is 13.2. The first kappa shape index (κ1) is 58.7. The maximum Gasteiger partial charge on any atom is 0.352 e. The molecule has 1 amide bonds. The Kier molecular flexibility index (Phi) is 17.2. The molecule has 434 valence electrons. The van der Waals surface area contributed by atoms with E-state index in [2.05, 4.69) is 209 Å². The number of fused-ring (bicyclic) bond motifs is 4. The molecule has 12 aromatic rings. The van der Waals surface area contributed by atoms with Gasteiger partial charge in [0.1, 0.15) is 31.7 Å². The average Bonchev–Trinajstić information content (AvgIpc) is 1.60. The molecule has 88 heavy (non-hydrogen) atoms. The van der Waals surface area contributed by atoms with Crippen LogP contribution >= 0.6 is 31.9 Å². The van der Waals surface area contributed by atoms with Gasteiger partial charge in [0.25, 0.3) is 5.91 Å². The molecule has 0 aliphatic carbocycles. The quantitative estimate of drug-likeness (QED) is 0.0870. The zero-order chi connectivity index (χ0) is 60.8. The average molecular weight is 1280 g/mol. The molecule has 0 radical (unpaired) electrons. The fraction of sp³-hybridized carbons (Fsp3) is 0.120. The summed E-state index contributed by atoms with van der Waals surface area (Å²) in [7, 11) is 1.38. The molecule has 13 heteroatoms. The van der Waals surface area contributed by atoms with Crippen LogP contribution in [0, 0.1) is 0 Å². The van der Waals surface area contributed by atoms with Gasteiger partial charge in [-0.2, -0.15) is 10.2 Å². The lowest BCUT2D eigenvalue weighted by Crippen LogP contribution is -2.38. The van der Waals surface area contributed by atoms with Crippen molar-refractivity contribution in [2.75, 3.05) is 7.11 Å². The van der Waals surface area contributed by atoms with Crippen LogP contribution in [0.15, 0.2) is 286 Å². The van der Waals surface area contributed by atoms with E-state index in [1.54, 1.807) is 0 Å². The first-order valence-electron chi connectivity index (χ1n) is 29.1. The van der Waals surface area contributed by atoms with Gasteiger partial charge in [0.05, 0.1) is 35.6 Å². The number of esters is 1. The van der Waals surface area contributed by atoms with E-state index >= 15 is 0 Å². The second kappa shape index (κ2) is 25.7. The van der Waals surface area contributed by atoms with Crippen molar-refractivity contribution >= 4 is 88.3 Å². The van der Waals surface area contributed by atoms with Crippen molar-refractivity contribution in [1.29, 1.82) is 0 Å². The van der Waals surface area contributed by atoms with Crippen LogP contribution in [0.4, 0.5) is 11.4 Å². The van der Waals surface area contributed by atoms with E-state index in [0.29, 0.717) is 28.9 Å². The molecule has 11 nitrogen and oxygen atoms in total. The topological polar surface area (TPSA) is 142 Å². The van der Waals surface area contributed by atoms with Gasteiger partial charge >= 0.3 is 5.97 Å². The Morgan fingerprint density at radius 2 is 0.773 bits per heavy atom. The number of amides is 1. The van der Waals surface area contributed by atoms with Gasteiger partial charge in [-0.3, -0.25) is 4.79 Å². The predicted octanol–water partition coefficient (Wildman–Crippen LogP) is 16.3. The summed E-state index contributed by atoms with van der Waals surface area (Å²) >= 11 is 7.50. The molecule has 2 aromatic heterocycles. The predicted molar refractivity (Wildman–Crippen MR) is 360 cm³/mol. The number of aromatic nitrogens is 4. The third-order valence-corrected chi connectivity index (χ3v) is 17.5. The molecule has 0 saturated heterocycles. The number of nitrogens with zero attached hydrogens (tertiary/aromatic N) is 6. The maximum absolute atomic E-state index is 13.3. The molecular weight excluding hydrogens is 1220 g/mol. The lowest BCUT2D eigenvalue weighted by atomic mass is 9.77. The zero-order valence-corrected chi connectivity index (χ0v) is 51.9. The van der Waals surface area contributed by atoms with Gasteiger partial charge in [-0.1, -0.05) is 243 Å². The van der Waals surface area contributed by atoms with Crippen LogP contribution in [0.25, 0.3) is 21.8 Å². The SMILES string of the molecule is COC(=O)C1=Nc2cc3c(Br)nn(C(c4ccccc4)(c4ccccc4)c4ccccc4)c3cc2C1.C[C@@H](N)c1ccccc1.C[C@@H](NC(=O)C1=Nc2cc3c(Br)nn(C(c4ccccc4)(c4ccccc4)c4ccccc4)c3cc2C1)c1ccccc1. The number of carbonyl (C=O) groups excluding carboxylic acids is 2. The zero-order valence-electron chi connectivity index (χ0n) is 48.7. The Labute approximate surface area is 528 Å². The second-order valence-corrected chi connectivity index (χ2v) is 23.3. The number of rotatable bonds is 13. The van der Waals surface area contributed by atoms with Gasteiger partial charge in [0.2, 0.25) is 0 Å². The Morgan fingerprint density at radius 1 is 0.466 bits per heavy atom. The molecule has 0 saturated carbocycles. The Bertz CT molecular complexity index is 4290. The van der Waals surface area contributed by atoms with Crippen LogP contribution in [0.1, 0.15) is 81.6 Å². The summed E-state index contributed by atoms with van der Waals surface area (Å²) in [6.45, 7) is 3.97. The monoisotopic (exact) mass is 1280 g/mol. The van der Waals surface area contributed by atoms with Crippen molar-refractivity contribution in [3.63, 3.8) is 0 Å². The standard InChI is InChI=1S/C37H29BrN4O.C30H22BrN3O2.C8H11N/c1-25(26-14-6-2-7-15-26)39-36(43)33-22-27-23-34-31(24-32(27)40-33)35(38)41-42(34)37(28-16-8-3-9-17-28,29-18-10-4-11-19-29)30-20-12-5-13-21-30;1-36-29(35)26-17-20-18-27-24(19-25(20)32-26)28(31)33-34(27)30(21-11-5-2-6-12-21,22-13-7-3-8-14-22)23-15-9-4-10-16-23;1-7(9)8-5-3-2-4-6-8/h2-21,23-25H,22H2,1H3,(H,39,43);2-16,18-19H,17H2,1H3;2-7H,9H2,1H3/t25-;;7-/m1.1/s1. The summed E-state index contributed by atoms with van der Waals surface area (Å²) in [5, 5.41) is 15.2. The Hall–Kier alpha value is -9.66. The highest BCUT2D eigenvalue weighted by Crippen LogP contribution is 2.47. The highest BCUT2D eigenvalue weighted by atomic mass is 79.9. The Morgan fingerprint density at radius 3 is 1.09 bits per heavy atom. The smallest absolute Gasteiger partial charge is 0.352 e. The molecule has 14 rings (SSSR count). The lowest BCUT2D eigenvalue weighted by Gasteiger charge is -2.37. The minimum absolute atomic E-state index is 0.120. The number of halogens is 2. The van der Waals surface area contributed by atoms with E-state index in [9.17, 15) is 9.59 Å². The van der Waals surface area contributed by atoms with Crippen molar-refractivity contribution in [2.24, 2.45) is 15.7 Å². The summed E-state index contributed by atoms with van der Waals surface area (Å²) in [5.41, 5.74) is 19.3. The summed E-state index contributed by atoms with van der Waals surface area (Å²) in [4.78, 5) is 34.8. The number of benzene rings is 10. The molecule has 0 bridgehead atoms. The fourth-order valence-electron chi connectivity index (χ4n) is 12.1. The number of nitrogens with one attached hydrogen (secondary N) is 1. The van der Waals surface area contributed by atoms with Gasteiger partial charge in [-0.05, 0) is 126 Å². The minimum Gasteiger partial charge on any atom is -0.465 e. The first-order chi connectivity index (χ1) is 43.0. The van der Waals surface area contributed by atoms with Crippen LogP contribution in [0.5, 0.6) is 0 Å². The first-order valence-corrected chi connectivity index (χ1v) is 30.7. The van der Waals surface area contributed by atoms with Crippen molar-refractivity contribution < 1.29 is 14.3 Å². The summed E-state index contributed by atoms with van der Waals surface area (Å²) in [5.74, 6) is -0.548. The molecule has 3 N–H and O–H groups in total. The van der Waals surface area contributed by atoms with E-state index in [1.165, 1.54) is 12.7 Å². The number of hydrogen-bond donors (Lipinski definition) is 2. The molecule has 10 aromatic carbocycles. The highest BCUT2D eigenvalue weighted by molar-refractivity contribution is 9.10. The molecule has 2 atom stereocenters. The Balaban J connectivity index is 0.000000152. The third-order valence-electron chi connectivity index (χ3n) is 16.3. The highest BCUT2D eigenvalue weighted by Gasteiger charge is 2.43. The van der Waals surface area contributed by atoms with E-state index in [-0.39, 0.29) is 18.0 Å². The van der Waals surface area contributed by atoms with Gasteiger partial charge < -0.3 is 15.8 Å². The third kappa shape index (κ3) is 11.2. The molecule has 2 aliphatic rings. The van der Waals surface area contributed by atoms with Crippen molar-refractivity contribution in [3.8, 4) is 0 Å². The van der Waals surface area contributed by atoms with Crippen LogP contribution in [0.2, 0.25) is 0 Å². The second-order valence-electron chi connectivity index (χ2n) is 21.8. The van der Waals surface area contributed by atoms with Crippen molar-refractivity contribution in [3.05, 3.63) is 332 Å². The number of ether oxygens (including phenoxy) is 1. The van der Waals surface area contributed by atoms with Crippen LogP contribution in [0.3, 0.4) is 0 Å². The number of hydrogen-bond acceptors (Lipinski definition) is 8. The summed E-state index contributed by atoms with van der Waals surface area (Å²) in [6.07, 6.45) is 0.881. The molecule has 0 unspecified atom stereocenters. The van der Waals surface area contributed by atoms with E-state index < -0.39 is 17.0 Å². The molecular formula is C75H62Br2N8O3. The number of methoxy groups -OCH3 is 1. The minimum atomic E-state index is -0.757. The van der Waals surface area contributed by atoms with Gasteiger partial charge in [0.15, 0.2) is 0 Å². The summed E-state index contributed by atoms with van der Waals surface area (Å²) < 4.78 is 10.6. The molecule has 4 heterocycles. The van der Waals surface area contributed by atoms with Crippen molar-refractivity contribution in [2.45, 2.75) is 49.9 Å². The maximum atomic E-state index is 13.3. The summed E-state index contributed by atoms with van der Waals surface area (Å²) in [6, 6.07) is 91.2. The van der Waals surface area contributed by atoms with Gasteiger partial charge in [0, 0.05) is 29.7 Å². The largest absolute Gasteiger partial charge is 0.465 e. The number of nitrogens with two attached hydrogens (primary N) is 1. The van der Waals surface area contributed by atoms with Crippen molar-refractivity contribution in [1.82, 2.24) is 24.9 Å².